The molecule has 2 aromatic carbocycles. The number of nitrogens with one attached hydrogen (secondary N) is 1. The summed E-state index contributed by atoms with van der Waals surface area (Å²) in [6.45, 7) is 4.85. The van der Waals surface area contributed by atoms with Crippen molar-refractivity contribution in [2.24, 2.45) is 5.73 Å². The number of piperazine rings is 1. The summed E-state index contributed by atoms with van der Waals surface area (Å²) in [6.07, 6.45) is 3.84. The zero-order valence-corrected chi connectivity index (χ0v) is 17.8. The quantitative estimate of drug-likeness (QED) is 0.584. The van der Waals surface area contributed by atoms with E-state index in [-0.39, 0.29) is 0 Å². The minimum absolute atomic E-state index is 0.588. The second-order valence-corrected chi connectivity index (χ2v) is 8.14. The Morgan fingerprint density at radius 1 is 0.966 bits per heavy atom. The molecule has 1 fully saturated rings. The van der Waals surface area contributed by atoms with Crippen LogP contribution in [-0.2, 0) is 17.7 Å². The number of aromatic amines is 1. The van der Waals surface area contributed by atoms with Gasteiger partial charge in [0.05, 0.1) is 16.7 Å². The molecule has 1 aliphatic heterocycles. The number of nitrogens with zero attached hydrogens (tertiary/aromatic N) is 2. The first-order valence-electron chi connectivity index (χ1n) is 10.0. The van der Waals surface area contributed by atoms with E-state index < -0.39 is 0 Å². The Bertz CT molecular complexity index is 967. The van der Waals surface area contributed by atoms with Gasteiger partial charge in [0.1, 0.15) is 0 Å². The van der Waals surface area contributed by atoms with Crippen LogP contribution >= 0.6 is 23.2 Å². The highest BCUT2D eigenvalue weighted by Crippen LogP contribution is 2.28. The van der Waals surface area contributed by atoms with Gasteiger partial charge >= 0.3 is 0 Å². The minimum Gasteiger partial charge on any atom is -0.369 e. The molecule has 7 heteroatoms. The Balaban J connectivity index is 1.27. The van der Waals surface area contributed by atoms with Crippen molar-refractivity contribution in [1.82, 2.24) is 10.0 Å². The molecule has 0 radical (unpaired) electrons. The second-order valence-electron chi connectivity index (χ2n) is 7.33. The number of aromatic nitrogens is 1. The summed E-state index contributed by atoms with van der Waals surface area (Å²) in [6, 6.07) is 12.3. The maximum absolute atomic E-state index is 6.14. The van der Waals surface area contributed by atoms with Crippen LogP contribution in [0.5, 0.6) is 0 Å². The number of hydrogen-bond acceptors (Lipinski definition) is 4. The average molecular weight is 433 g/mol. The van der Waals surface area contributed by atoms with Gasteiger partial charge in [-0.25, -0.2) is 0 Å². The summed E-state index contributed by atoms with van der Waals surface area (Å²) in [5, 5.41) is 4.51. The van der Waals surface area contributed by atoms with Crippen LogP contribution in [0, 0.1) is 0 Å². The van der Waals surface area contributed by atoms with Crippen LogP contribution in [0.25, 0.3) is 10.9 Å². The van der Waals surface area contributed by atoms with Crippen molar-refractivity contribution in [2.75, 3.05) is 44.2 Å². The molecule has 29 heavy (non-hydrogen) atoms. The number of hydrogen-bond donors (Lipinski definition) is 2. The standard InChI is InChI=1S/C22H26Cl2N4O/c23-20-3-2-18(14-21(20)24)27-8-10-28(11-9-27)29-12-6-16-1-4-22-19(13-16)17(5-7-25)15-26-22/h1-4,13-15,26H,5-12,25H2. The minimum atomic E-state index is 0.588. The van der Waals surface area contributed by atoms with Crippen LogP contribution in [0.2, 0.25) is 10.0 Å². The van der Waals surface area contributed by atoms with Crippen molar-refractivity contribution in [3.8, 4) is 0 Å². The van der Waals surface area contributed by atoms with Crippen molar-refractivity contribution < 1.29 is 4.84 Å². The largest absolute Gasteiger partial charge is 0.369 e. The molecular formula is C22H26Cl2N4O. The van der Waals surface area contributed by atoms with Crippen LogP contribution in [0.1, 0.15) is 11.1 Å². The summed E-state index contributed by atoms with van der Waals surface area (Å²) in [7, 11) is 0. The molecule has 4 rings (SSSR count). The average Bonchev–Trinajstić information content (AvgIpc) is 3.13. The maximum atomic E-state index is 6.14. The number of benzene rings is 2. The van der Waals surface area contributed by atoms with Crippen molar-refractivity contribution in [1.29, 1.82) is 0 Å². The molecule has 1 saturated heterocycles. The molecule has 0 unspecified atom stereocenters. The lowest BCUT2D eigenvalue weighted by Gasteiger charge is -2.35. The molecule has 1 aromatic heterocycles. The van der Waals surface area contributed by atoms with Crippen molar-refractivity contribution >= 4 is 39.8 Å². The van der Waals surface area contributed by atoms with Gasteiger partial charge in [0.25, 0.3) is 0 Å². The Morgan fingerprint density at radius 3 is 2.55 bits per heavy atom. The lowest BCUT2D eigenvalue weighted by atomic mass is 10.1. The monoisotopic (exact) mass is 432 g/mol. The van der Waals surface area contributed by atoms with E-state index in [4.69, 9.17) is 33.8 Å². The second kappa shape index (κ2) is 9.37. The molecule has 5 nitrogen and oxygen atoms in total. The van der Waals surface area contributed by atoms with E-state index in [1.807, 2.05) is 18.2 Å². The first-order valence-corrected chi connectivity index (χ1v) is 10.8. The molecule has 0 spiro atoms. The summed E-state index contributed by atoms with van der Waals surface area (Å²) in [4.78, 5) is 11.6. The Morgan fingerprint density at radius 2 is 1.79 bits per heavy atom. The third kappa shape index (κ3) is 4.87. The lowest BCUT2D eigenvalue weighted by molar-refractivity contribution is -0.160. The third-order valence-electron chi connectivity index (χ3n) is 5.42. The van der Waals surface area contributed by atoms with E-state index >= 15 is 0 Å². The molecule has 0 aliphatic carbocycles. The Kier molecular flexibility index (Phi) is 6.63. The highest BCUT2D eigenvalue weighted by Gasteiger charge is 2.18. The number of H-pyrrole nitrogens is 1. The Labute approximate surface area is 181 Å². The molecule has 3 N–H and O–H groups in total. The third-order valence-corrected chi connectivity index (χ3v) is 6.16. The van der Waals surface area contributed by atoms with Gasteiger partial charge in [0.15, 0.2) is 0 Å². The summed E-state index contributed by atoms with van der Waals surface area (Å²) >= 11 is 12.2. The molecule has 0 amide bonds. The topological polar surface area (TPSA) is 57.5 Å². The molecule has 3 aromatic rings. The van der Waals surface area contributed by atoms with Crippen LogP contribution in [0.4, 0.5) is 5.69 Å². The predicted molar refractivity (Wildman–Crippen MR) is 121 cm³/mol. The van der Waals surface area contributed by atoms with Gasteiger partial charge in [-0.15, -0.1) is 0 Å². The summed E-state index contributed by atoms with van der Waals surface area (Å²) < 4.78 is 0. The number of rotatable bonds is 7. The highest BCUT2D eigenvalue weighted by molar-refractivity contribution is 6.42. The fraction of sp³-hybridized carbons (Fsp3) is 0.364. The van der Waals surface area contributed by atoms with Gasteiger partial charge < -0.3 is 15.6 Å². The predicted octanol–water partition coefficient (Wildman–Crippen LogP) is 4.27. The van der Waals surface area contributed by atoms with Crippen LogP contribution in [0.3, 0.4) is 0 Å². The Hall–Kier alpha value is -1.76. The highest BCUT2D eigenvalue weighted by atomic mass is 35.5. The van der Waals surface area contributed by atoms with Crippen LogP contribution < -0.4 is 10.6 Å². The van der Waals surface area contributed by atoms with Gasteiger partial charge in [-0.2, -0.15) is 5.06 Å². The fourth-order valence-corrected chi connectivity index (χ4v) is 4.09. The molecule has 0 saturated carbocycles. The van der Waals surface area contributed by atoms with Gasteiger partial charge in [0, 0.05) is 49.0 Å². The van der Waals surface area contributed by atoms with Gasteiger partial charge in [0.2, 0.25) is 0 Å². The van der Waals surface area contributed by atoms with E-state index in [2.05, 4.69) is 39.3 Å². The zero-order valence-electron chi connectivity index (χ0n) is 16.3. The molecule has 0 atom stereocenters. The number of halogens is 2. The van der Waals surface area contributed by atoms with E-state index in [9.17, 15) is 0 Å². The lowest BCUT2D eigenvalue weighted by Crippen LogP contribution is -2.46. The molecule has 154 valence electrons. The number of nitrogens with two attached hydrogens (primary N) is 1. The maximum Gasteiger partial charge on any atom is 0.0725 e. The van der Waals surface area contributed by atoms with Gasteiger partial charge in [-0.3, -0.25) is 4.84 Å². The zero-order chi connectivity index (χ0) is 20.2. The molecule has 2 heterocycles. The van der Waals surface area contributed by atoms with Gasteiger partial charge in [-0.05, 0) is 60.8 Å². The van der Waals surface area contributed by atoms with Crippen LogP contribution in [-0.4, -0.2) is 49.4 Å². The SMILES string of the molecule is NCCc1c[nH]c2ccc(CCON3CCN(c4ccc(Cl)c(Cl)c4)CC3)cc12. The van der Waals surface area contributed by atoms with Crippen LogP contribution in [0.15, 0.2) is 42.6 Å². The summed E-state index contributed by atoms with van der Waals surface area (Å²) in [5.41, 5.74) is 10.5. The van der Waals surface area contributed by atoms with E-state index in [1.165, 1.54) is 16.5 Å². The van der Waals surface area contributed by atoms with Gasteiger partial charge in [-0.1, -0.05) is 29.3 Å². The normalized spacial score (nSPS) is 15.3. The van der Waals surface area contributed by atoms with E-state index in [0.717, 1.165) is 50.2 Å². The van der Waals surface area contributed by atoms with E-state index in [0.29, 0.717) is 23.2 Å². The first kappa shape index (κ1) is 20.5. The van der Waals surface area contributed by atoms with Crippen molar-refractivity contribution in [3.05, 3.63) is 63.8 Å². The molecule has 1 aliphatic rings. The summed E-state index contributed by atoms with van der Waals surface area (Å²) in [5.74, 6) is 0. The number of hydroxylamine groups is 2. The fourth-order valence-electron chi connectivity index (χ4n) is 3.79. The number of fused-ring (bicyclic) bond motifs is 1. The molecular weight excluding hydrogens is 407 g/mol. The number of anilines is 1. The first-order chi connectivity index (χ1) is 14.1. The van der Waals surface area contributed by atoms with Crippen molar-refractivity contribution in [3.63, 3.8) is 0 Å². The molecule has 0 bridgehead atoms. The smallest absolute Gasteiger partial charge is 0.0725 e. The van der Waals surface area contributed by atoms with Crippen molar-refractivity contribution in [2.45, 2.75) is 12.8 Å². The van der Waals surface area contributed by atoms with E-state index in [1.54, 1.807) is 0 Å².